The van der Waals surface area contributed by atoms with Crippen LogP contribution < -0.4 is 0 Å². The molecule has 60 valence electrons. The molecule has 2 heterocycles. The summed E-state index contributed by atoms with van der Waals surface area (Å²) in [4.78, 5) is 18.2. The maximum atomic E-state index is 10.5. The molecule has 0 bridgehead atoms. The number of aldehydes is 1. The lowest BCUT2D eigenvalue weighted by molar-refractivity contribution is 0.112. The summed E-state index contributed by atoms with van der Waals surface area (Å²) in [5.74, 6) is 0. The highest BCUT2D eigenvalue weighted by Gasteiger charge is 2.04. The molecule has 0 aromatic carbocycles. The van der Waals surface area contributed by atoms with Crippen LogP contribution in [0.2, 0.25) is 5.15 Å². The van der Waals surface area contributed by atoms with E-state index in [2.05, 4.69) is 9.97 Å². The zero-order valence-electron chi connectivity index (χ0n) is 5.94. The van der Waals surface area contributed by atoms with Gasteiger partial charge in [0.1, 0.15) is 10.8 Å². The lowest BCUT2D eigenvalue weighted by Crippen LogP contribution is -1.93. The van der Waals surface area contributed by atoms with Gasteiger partial charge in [0.25, 0.3) is 0 Å². The van der Waals surface area contributed by atoms with Crippen LogP contribution in [0, 0.1) is 0 Å². The van der Waals surface area contributed by atoms with Crippen LogP contribution in [0.5, 0.6) is 0 Å². The Bertz CT molecular complexity index is 437. The molecule has 0 aliphatic heterocycles. The first kappa shape index (κ1) is 7.24. The number of hydrogen-bond acceptors (Lipinski definition) is 3. The Labute approximate surface area is 72.8 Å². The first-order chi connectivity index (χ1) is 5.83. The van der Waals surface area contributed by atoms with E-state index in [1.54, 1.807) is 10.6 Å². The Balaban J connectivity index is 2.89. The fourth-order valence-corrected chi connectivity index (χ4v) is 1.18. The summed E-state index contributed by atoms with van der Waals surface area (Å²) in [6, 6.07) is 0. The normalized spacial score (nSPS) is 10.4. The Kier molecular flexibility index (Phi) is 1.55. The number of nitrogens with zero attached hydrogens (tertiary/aromatic N) is 3. The second kappa shape index (κ2) is 2.57. The van der Waals surface area contributed by atoms with E-state index in [1.807, 2.05) is 0 Å². The van der Waals surface area contributed by atoms with Crippen molar-refractivity contribution in [3.05, 3.63) is 29.4 Å². The van der Waals surface area contributed by atoms with E-state index >= 15 is 0 Å². The van der Waals surface area contributed by atoms with Gasteiger partial charge in [0.15, 0.2) is 11.9 Å². The molecule has 4 nitrogen and oxygen atoms in total. The SMILES string of the molecule is O=Cc1nccn2c(Cl)cnc12. The summed E-state index contributed by atoms with van der Waals surface area (Å²) >= 11 is 5.76. The van der Waals surface area contributed by atoms with Crippen molar-refractivity contribution in [3.8, 4) is 0 Å². The molecule has 0 spiro atoms. The van der Waals surface area contributed by atoms with Gasteiger partial charge in [-0.1, -0.05) is 11.6 Å². The number of carbonyl (C=O) groups is 1. The molecule has 0 saturated carbocycles. The van der Waals surface area contributed by atoms with Crippen molar-refractivity contribution in [1.29, 1.82) is 0 Å². The summed E-state index contributed by atoms with van der Waals surface area (Å²) < 4.78 is 1.60. The summed E-state index contributed by atoms with van der Waals surface area (Å²) in [7, 11) is 0. The van der Waals surface area contributed by atoms with Crippen LogP contribution in [-0.2, 0) is 0 Å². The molecule has 2 rings (SSSR count). The van der Waals surface area contributed by atoms with E-state index in [0.29, 0.717) is 22.8 Å². The van der Waals surface area contributed by atoms with Gasteiger partial charge in [-0.15, -0.1) is 0 Å². The van der Waals surface area contributed by atoms with Gasteiger partial charge >= 0.3 is 0 Å². The molecule has 0 aliphatic carbocycles. The minimum atomic E-state index is 0.296. The molecule has 0 unspecified atom stereocenters. The lowest BCUT2D eigenvalue weighted by Gasteiger charge is -1.94. The van der Waals surface area contributed by atoms with Crippen molar-refractivity contribution in [2.24, 2.45) is 0 Å². The van der Waals surface area contributed by atoms with E-state index in [1.165, 1.54) is 12.4 Å². The van der Waals surface area contributed by atoms with Gasteiger partial charge in [0, 0.05) is 12.4 Å². The molecule has 0 N–H and O–H groups in total. The predicted molar refractivity (Wildman–Crippen MR) is 43.4 cm³/mol. The molecule has 5 heteroatoms. The molecule has 2 aromatic heterocycles. The number of halogens is 1. The average Bonchev–Trinajstić information content (AvgIpc) is 2.48. The largest absolute Gasteiger partial charge is 0.296 e. The van der Waals surface area contributed by atoms with E-state index in [0.717, 1.165) is 0 Å². The number of imidazole rings is 1. The van der Waals surface area contributed by atoms with Gasteiger partial charge in [-0.25, -0.2) is 9.97 Å². The average molecular weight is 182 g/mol. The van der Waals surface area contributed by atoms with Crippen molar-refractivity contribution in [1.82, 2.24) is 14.4 Å². The standard InChI is InChI=1S/C7H4ClN3O/c8-6-3-10-7-5(4-12)9-1-2-11(6)7/h1-4H. The van der Waals surface area contributed by atoms with Gasteiger partial charge in [0.2, 0.25) is 0 Å². The van der Waals surface area contributed by atoms with Crippen molar-refractivity contribution in [3.63, 3.8) is 0 Å². The van der Waals surface area contributed by atoms with Crippen LogP contribution in [0.15, 0.2) is 18.6 Å². The Morgan fingerprint density at radius 2 is 2.33 bits per heavy atom. The molecule has 0 saturated heterocycles. The highest BCUT2D eigenvalue weighted by Crippen LogP contribution is 2.12. The van der Waals surface area contributed by atoms with Crippen LogP contribution in [0.4, 0.5) is 0 Å². The highest BCUT2D eigenvalue weighted by molar-refractivity contribution is 6.29. The minimum absolute atomic E-state index is 0.296. The van der Waals surface area contributed by atoms with Crippen molar-refractivity contribution in [2.75, 3.05) is 0 Å². The number of carbonyl (C=O) groups excluding carboxylic acids is 1. The molecule has 0 amide bonds. The zero-order valence-corrected chi connectivity index (χ0v) is 6.69. The third-order valence-corrected chi connectivity index (χ3v) is 1.80. The van der Waals surface area contributed by atoms with Crippen molar-refractivity contribution >= 4 is 23.5 Å². The molecule has 12 heavy (non-hydrogen) atoms. The van der Waals surface area contributed by atoms with Gasteiger partial charge in [-0.05, 0) is 0 Å². The van der Waals surface area contributed by atoms with Crippen molar-refractivity contribution < 1.29 is 4.79 Å². The fourth-order valence-electron chi connectivity index (χ4n) is 0.992. The lowest BCUT2D eigenvalue weighted by atomic mass is 10.5. The van der Waals surface area contributed by atoms with Crippen molar-refractivity contribution in [2.45, 2.75) is 0 Å². The fraction of sp³-hybridized carbons (Fsp3) is 0. The second-order valence-electron chi connectivity index (χ2n) is 2.20. The molecule has 0 aliphatic rings. The number of hydrogen-bond donors (Lipinski definition) is 0. The van der Waals surface area contributed by atoms with E-state index in [9.17, 15) is 4.79 Å². The topological polar surface area (TPSA) is 47.3 Å². The monoisotopic (exact) mass is 181 g/mol. The van der Waals surface area contributed by atoms with Gasteiger partial charge < -0.3 is 0 Å². The number of fused-ring (bicyclic) bond motifs is 1. The van der Waals surface area contributed by atoms with Crippen LogP contribution in [-0.4, -0.2) is 20.7 Å². The highest BCUT2D eigenvalue weighted by atomic mass is 35.5. The third kappa shape index (κ3) is 0.887. The second-order valence-corrected chi connectivity index (χ2v) is 2.59. The van der Waals surface area contributed by atoms with Gasteiger partial charge in [-0.2, -0.15) is 0 Å². The van der Waals surface area contributed by atoms with E-state index in [-0.39, 0.29) is 0 Å². The summed E-state index contributed by atoms with van der Waals surface area (Å²) in [5, 5.41) is 0.468. The van der Waals surface area contributed by atoms with Crippen LogP contribution in [0.3, 0.4) is 0 Å². The quantitative estimate of drug-likeness (QED) is 0.621. The molecular weight excluding hydrogens is 178 g/mol. The van der Waals surface area contributed by atoms with Crippen LogP contribution in [0.1, 0.15) is 10.5 Å². The minimum Gasteiger partial charge on any atom is -0.296 e. The Morgan fingerprint density at radius 3 is 3.08 bits per heavy atom. The number of aromatic nitrogens is 3. The summed E-state index contributed by atoms with van der Waals surface area (Å²) in [6.07, 6.45) is 5.28. The molecular formula is C7H4ClN3O. The smallest absolute Gasteiger partial charge is 0.172 e. The Morgan fingerprint density at radius 1 is 1.50 bits per heavy atom. The third-order valence-electron chi connectivity index (χ3n) is 1.52. The van der Waals surface area contributed by atoms with E-state index < -0.39 is 0 Å². The maximum absolute atomic E-state index is 10.5. The first-order valence-electron chi connectivity index (χ1n) is 3.25. The van der Waals surface area contributed by atoms with E-state index in [4.69, 9.17) is 11.6 Å². The molecule has 2 aromatic rings. The summed E-state index contributed by atoms with van der Waals surface area (Å²) in [6.45, 7) is 0. The molecule has 0 radical (unpaired) electrons. The van der Waals surface area contributed by atoms with Crippen LogP contribution in [0.25, 0.3) is 5.65 Å². The summed E-state index contributed by atoms with van der Waals surface area (Å²) in [5.41, 5.74) is 0.780. The predicted octanol–water partition coefficient (Wildman–Crippen LogP) is 1.20. The van der Waals surface area contributed by atoms with Gasteiger partial charge in [0.05, 0.1) is 6.20 Å². The molecule has 0 fully saturated rings. The molecule has 0 atom stereocenters. The Hall–Kier alpha value is -1.42. The van der Waals surface area contributed by atoms with Gasteiger partial charge in [-0.3, -0.25) is 9.20 Å². The number of rotatable bonds is 1. The maximum Gasteiger partial charge on any atom is 0.172 e. The van der Waals surface area contributed by atoms with Crippen LogP contribution >= 0.6 is 11.6 Å². The first-order valence-corrected chi connectivity index (χ1v) is 3.63. The zero-order chi connectivity index (χ0) is 8.55.